The van der Waals surface area contributed by atoms with Gasteiger partial charge in [0.2, 0.25) is 0 Å². The van der Waals surface area contributed by atoms with Gasteiger partial charge in [-0.3, -0.25) is 4.57 Å². The Morgan fingerprint density at radius 1 is 0.750 bits per heavy atom. The van der Waals surface area contributed by atoms with Gasteiger partial charge >= 0.3 is 0 Å². The van der Waals surface area contributed by atoms with Crippen LogP contribution in [0.2, 0.25) is 0 Å². The van der Waals surface area contributed by atoms with Crippen molar-refractivity contribution in [3.05, 3.63) is 78.5 Å². The average molecular weight is 335 g/mol. The Labute approximate surface area is 145 Å². The molecule has 24 heavy (non-hydrogen) atoms. The monoisotopic (exact) mass is 334 g/mol. The van der Waals surface area contributed by atoms with E-state index in [0.29, 0.717) is 0 Å². The molecule has 3 heterocycles. The second-order valence-corrected chi connectivity index (χ2v) is 5.70. The highest BCUT2D eigenvalue weighted by Gasteiger charge is 2.23. The van der Waals surface area contributed by atoms with Crippen molar-refractivity contribution in [2.45, 2.75) is 6.54 Å². The number of para-hydroxylation sites is 1. The van der Waals surface area contributed by atoms with Gasteiger partial charge in [-0.05, 0) is 23.8 Å². The molecule has 0 saturated heterocycles. The van der Waals surface area contributed by atoms with Crippen LogP contribution in [-0.4, -0.2) is 19.3 Å². The molecule has 0 unspecified atom stereocenters. The Morgan fingerprint density at radius 3 is 2.38 bits per heavy atom. The van der Waals surface area contributed by atoms with Gasteiger partial charge in [0.15, 0.2) is 11.6 Å². The summed E-state index contributed by atoms with van der Waals surface area (Å²) in [5, 5.41) is 8.98. The molecule has 0 saturated carbocycles. The van der Waals surface area contributed by atoms with Crippen molar-refractivity contribution >= 4 is 12.4 Å². The minimum Gasteiger partial charge on any atom is -0.340 e. The fraction of sp³-hybridized carbons (Fsp3) is 0.0526. The largest absolute Gasteiger partial charge is 0.340 e. The molecule has 0 atom stereocenters. The van der Waals surface area contributed by atoms with Crippen molar-refractivity contribution in [3.8, 4) is 28.6 Å². The third kappa shape index (κ3) is 2.07. The molecule has 0 N–H and O–H groups in total. The zero-order chi connectivity index (χ0) is 15.2. The molecule has 0 bridgehead atoms. The number of rotatable bonds is 1. The molecular weight excluding hydrogens is 320 g/mol. The fourth-order valence-corrected chi connectivity index (χ4v) is 3.25. The quantitative estimate of drug-likeness (QED) is 0.461. The van der Waals surface area contributed by atoms with Crippen LogP contribution in [0.25, 0.3) is 28.6 Å². The molecule has 5 rings (SSSR count). The molecule has 5 heteroatoms. The Bertz CT molecular complexity index is 1000. The second-order valence-electron chi connectivity index (χ2n) is 5.70. The van der Waals surface area contributed by atoms with Crippen LogP contribution in [0.5, 0.6) is 0 Å². The molecule has 2 aromatic heterocycles. The number of nitrogens with zero attached hydrogens (tertiary/aromatic N) is 4. The lowest BCUT2D eigenvalue weighted by Gasteiger charge is -2.11. The maximum Gasteiger partial charge on any atom is 0.185 e. The van der Waals surface area contributed by atoms with Gasteiger partial charge in [-0.1, -0.05) is 48.5 Å². The number of benzene rings is 2. The summed E-state index contributed by atoms with van der Waals surface area (Å²) in [5.74, 6) is 1.77. The predicted molar refractivity (Wildman–Crippen MR) is 96.6 cm³/mol. The van der Waals surface area contributed by atoms with Crippen LogP contribution in [-0.2, 0) is 6.54 Å². The Balaban J connectivity index is 0.00000146. The van der Waals surface area contributed by atoms with Crippen molar-refractivity contribution in [1.82, 2.24) is 19.3 Å². The zero-order valence-electron chi connectivity index (χ0n) is 12.8. The topological polar surface area (TPSA) is 35.6 Å². The molecule has 0 spiro atoms. The highest BCUT2D eigenvalue weighted by atomic mass is 35.5. The molecule has 4 aromatic rings. The van der Waals surface area contributed by atoms with Crippen molar-refractivity contribution < 1.29 is 0 Å². The first-order chi connectivity index (χ1) is 11.4. The van der Waals surface area contributed by atoms with Crippen molar-refractivity contribution in [2.75, 3.05) is 0 Å². The number of hydrogen-bond acceptors (Lipinski definition) is 2. The van der Waals surface area contributed by atoms with Gasteiger partial charge in [-0.25, -0.2) is 0 Å². The lowest BCUT2D eigenvalue weighted by atomic mass is 10.1. The summed E-state index contributed by atoms with van der Waals surface area (Å²) in [4.78, 5) is 0. The van der Waals surface area contributed by atoms with E-state index in [1.165, 1.54) is 5.56 Å². The molecule has 0 aliphatic carbocycles. The molecule has 0 fully saturated rings. The molecule has 118 valence electrons. The van der Waals surface area contributed by atoms with E-state index in [9.17, 15) is 0 Å². The van der Waals surface area contributed by atoms with Gasteiger partial charge in [-0.15, -0.1) is 22.6 Å². The maximum atomic E-state index is 4.50. The zero-order valence-corrected chi connectivity index (χ0v) is 13.6. The van der Waals surface area contributed by atoms with Crippen LogP contribution in [0, 0.1) is 0 Å². The highest BCUT2D eigenvalue weighted by Crippen LogP contribution is 2.33. The molecule has 4 nitrogen and oxygen atoms in total. The van der Waals surface area contributed by atoms with Crippen molar-refractivity contribution in [3.63, 3.8) is 0 Å². The minimum absolute atomic E-state index is 0. The third-order valence-corrected chi connectivity index (χ3v) is 4.33. The molecule has 0 radical (unpaired) electrons. The van der Waals surface area contributed by atoms with E-state index < -0.39 is 0 Å². The lowest BCUT2D eigenvalue weighted by Crippen LogP contribution is -2.01. The SMILES string of the molecule is Cl.c1ccc(-c2nnc3n2-c2ccccc2Cn2cccc2-3)cc1. The first-order valence-corrected chi connectivity index (χ1v) is 7.66. The smallest absolute Gasteiger partial charge is 0.185 e. The Morgan fingerprint density at radius 2 is 1.50 bits per heavy atom. The summed E-state index contributed by atoms with van der Waals surface area (Å²) in [6.45, 7) is 0.843. The van der Waals surface area contributed by atoms with Crippen molar-refractivity contribution in [2.24, 2.45) is 0 Å². The van der Waals surface area contributed by atoms with E-state index in [1.807, 2.05) is 18.2 Å². The summed E-state index contributed by atoms with van der Waals surface area (Å²) in [6, 6.07) is 22.8. The Kier molecular flexibility index (Phi) is 3.47. The minimum atomic E-state index is 0. The second kappa shape index (κ2) is 5.65. The molecular formula is C19H15ClN4. The van der Waals surface area contributed by atoms with E-state index in [-0.39, 0.29) is 12.4 Å². The predicted octanol–water partition coefficient (Wildman–Crippen LogP) is 4.19. The van der Waals surface area contributed by atoms with Gasteiger partial charge < -0.3 is 4.57 Å². The normalized spacial score (nSPS) is 11.7. The lowest BCUT2D eigenvalue weighted by molar-refractivity contribution is 0.816. The summed E-state index contributed by atoms with van der Waals surface area (Å²) in [6.07, 6.45) is 2.10. The van der Waals surface area contributed by atoms with Crippen LogP contribution >= 0.6 is 12.4 Å². The van der Waals surface area contributed by atoms with Crippen molar-refractivity contribution in [1.29, 1.82) is 0 Å². The standard InChI is InChI=1S/C19H14N4.ClH/c1-2-7-14(8-3-1)18-20-21-19-17-11-6-12-22(17)13-15-9-4-5-10-16(15)23(18)19;/h1-12H,13H2;1H. The molecule has 2 aromatic carbocycles. The summed E-state index contributed by atoms with van der Waals surface area (Å²) >= 11 is 0. The number of hydrogen-bond donors (Lipinski definition) is 0. The van der Waals surface area contributed by atoms with E-state index in [2.05, 4.69) is 74.1 Å². The maximum absolute atomic E-state index is 4.50. The third-order valence-electron chi connectivity index (χ3n) is 4.33. The van der Waals surface area contributed by atoms with Gasteiger partial charge in [0.05, 0.1) is 11.4 Å². The van der Waals surface area contributed by atoms with Crippen LogP contribution in [0.4, 0.5) is 0 Å². The first kappa shape index (κ1) is 14.7. The number of aromatic nitrogens is 4. The van der Waals surface area contributed by atoms with E-state index >= 15 is 0 Å². The van der Waals surface area contributed by atoms with Gasteiger partial charge in [0, 0.05) is 18.3 Å². The molecule has 1 aliphatic heterocycles. The van der Waals surface area contributed by atoms with E-state index in [4.69, 9.17) is 0 Å². The van der Waals surface area contributed by atoms with Crippen LogP contribution < -0.4 is 0 Å². The van der Waals surface area contributed by atoms with Gasteiger partial charge in [0.25, 0.3) is 0 Å². The summed E-state index contributed by atoms with van der Waals surface area (Å²) in [7, 11) is 0. The van der Waals surface area contributed by atoms with Crippen LogP contribution in [0.15, 0.2) is 72.9 Å². The summed E-state index contributed by atoms with van der Waals surface area (Å²) < 4.78 is 4.39. The van der Waals surface area contributed by atoms with Crippen LogP contribution in [0.3, 0.4) is 0 Å². The number of halogens is 1. The van der Waals surface area contributed by atoms with E-state index in [1.54, 1.807) is 0 Å². The Hall–Kier alpha value is -2.85. The highest BCUT2D eigenvalue weighted by molar-refractivity contribution is 5.85. The van der Waals surface area contributed by atoms with Gasteiger partial charge in [-0.2, -0.15) is 0 Å². The fourth-order valence-electron chi connectivity index (χ4n) is 3.25. The molecule has 0 amide bonds. The first-order valence-electron chi connectivity index (χ1n) is 7.66. The number of fused-ring (bicyclic) bond motifs is 5. The van der Waals surface area contributed by atoms with Gasteiger partial charge in [0.1, 0.15) is 0 Å². The summed E-state index contributed by atoms with van der Waals surface area (Å²) in [5.41, 5.74) is 4.58. The average Bonchev–Trinajstić information content (AvgIpc) is 3.20. The van der Waals surface area contributed by atoms with E-state index in [0.717, 1.165) is 35.1 Å². The molecule has 1 aliphatic rings. The van der Waals surface area contributed by atoms with Crippen LogP contribution in [0.1, 0.15) is 5.56 Å².